The summed E-state index contributed by atoms with van der Waals surface area (Å²) in [5.74, 6) is 0.578. The number of alkyl carbamates (subject to hydrolysis) is 1. The molecule has 4 aromatic rings. The first-order valence-electron chi connectivity index (χ1n) is 13.8. The Morgan fingerprint density at radius 1 is 0.810 bits per heavy atom. The number of carbonyl (C=O) groups excluding carboxylic acids is 1. The standard InChI is InChI=1S/C34H31NO7/c1-39-23-16-21-12-11-20-15-22(41-19-31(36)37)13-14-24(20)33(32(21)30(17-23)40-2)35-34(38)42-18-29-27-9-5-3-7-25(27)26-8-4-6-10-28(26)29/h3-10,13-17,29,33H,11-12,18-19H2,1-2H3,(H,35,38)(H,36,37). The highest BCUT2D eigenvalue weighted by Crippen LogP contribution is 2.45. The minimum absolute atomic E-state index is 0.0652. The van der Waals surface area contributed by atoms with Crippen LogP contribution in [0.25, 0.3) is 11.1 Å². The van der Waals surface area contributed by atoms with Gasteiger partial charge in [-0.05, 0) is 70.0 Å². The molecular formula is C34H31NO7. The summed E-state index contributed by atoms with van der Waals surface area (Å²) in [5, 5.41) is 12.2. The topological polar surface area (TPSA) is 103 Å². The third kappa shape index (κ3) is 5.11. The number of rotatable bonds is 8. The molecule has 0 aromatic heterocycles. The van der Waals surface area contributed by atoms with Crippen molar-refractivity contribution in [2.24, 2.45) is 0 Å². The third-order valence-electron chi connectivity index (χ3n) is 8.00. The first-order valence-corrected chi connectivity index (χ1v) is 13.8. The lowest BCUT2D eigenvalue weighted by Gasteiger charge is -2.25. The number of carboxylic acids is 1. The molecule has 0 bridgehead atoms. The molecular weight excluding hydrogens is 534 g/mol. The highest BCUT2D eigenvalue weighted by atomic mass is 16.5. The van der Waals surface area contributed by atoms with Crippen LogP contribution in [0.4, 0.5) is 4.79 Å². The number of methoxy groups -OCH3 is 2. The van der Waals surface area contributed by atoms with Crippen LogP contribution in [-0.4, -0.2) is 44.6 Å². The van der Waals surface area contributed by atoms with Gasteiger partial charge in [-0.15, -0.1) is 0 Å². The molecule has 0 saturated heterocycles. The second-order valence-electron chi connectivity index (χ2n) is 10.3. The number of aliphatic carboxylic acids is 1. The van der Waals surface area contributed by atoms with Gasteiger partial charge in [0, 0.05) is 17.5 Å². The molecule has 0 aliphatic heterocycles. The summed E-state index contributed by atoms with van der Waals surface area (Å²) in [4.78, 5) is 24.6. The molecule has 0 radical (unpaired) electrons. The molecule has 8 heteroatoms. The van der Waals surface area contributed by atoms with Gasteiger partial charge in [0.2, 0.25) is 0 Å². The van der Waals surface area contributed by atoms with Crippen molar-refractivity contribution in [1.82, 2.24) is 5.32 Å². The second kappa shape index (κ2) is 11.5. The van der Waals surface area contributed by atoms with Crippen molar-refractivity contribution in [3.8, 4) is 28.4 Å². The Balaban J connectivity index is 1.31. The Morgan fingerprint density at radius 3 is 2.14 bits per heavy atom. The molecule has 214 valence electrons. The SMILES string of the molecule is COc1cc2c(c(OC)c1)C(NC(=O)OCC1c3ccccc3-c3ccccc31)c1ccc(OCC(=O)O)cc1CC2. The number of amides is 1. The van der Waals surface area contributed by atoms with Crippen LogP contribution in [0.3, 0.4) is 0 Å². The fourth-order valence-corrected chi connectivity index (χ4v) is 6.13. The summed E-state index contributed by atoms with van der Waals surface area (Å²) in [6.07, 6.45) is 0.747. The normalized spacial score (nSPS) is 14.9. The van der Waals surface area contributed by atoms with E-state index in [2.05, 4.69) is 29.6 Å². The fourth-order valence-electron chi connectivity index (χ4n) is 6.13. The Labute approximate surface area is 243 Å². The maximum absolute atomic E-state index is 13.5. The molecule has 1 unspecified atom stereocenters. The zero-order chi connectivity index (χ0) is 29.2. The number of nitrogens with one attached hydrogen (secondary N) is 1. The van der Waals surface area contributed by atoms with Gasteiger partial charge in [-0.25, -0.2) is 9.59 Å². The number of hydrogen-bond donors (Lipinski definition) is 2. The van der Waals surface area contributed by atoms with E-state index < -0.39 is 24.7 Å². The van der Waals surface area contributed by atoms with Gasteiger partial charge >= 0.3 is 12.1 Å². The average molecular weight is 566 g/mol. The summed E-state index contributed by atoms with van der Waals surface area (Å²) < 4.78 is 22.7. The molecule has 0 spiro atoms. The summed E-state index contributed by atoms with van der Waals surface area (Å²) in [6.45, 7) is -0.251. The fraction of sp³-hybridized carbons (Fsp3) is 0.235. The summed E-state index contributed by atoms with van der Waals surface area (Å²) in [6, 6.07) is 25.0. The summed E-state index contributed by atoms with van der Waals surface area (Å²) >= 11 is 0. The van der Waals surface area contributed by atoms with Gasteiger partial charge < -0.3 is 29.4 Å². The lowest BCUT2D eigenvalue weighted by Crippen LogP contribution is -2.32. The molecule has 2 aliphatic rings. The van der Waals surface area contributed by atoms with E-state index in [4.69, 9.17) is 24.1 Å². The Bertz CT molecular complexity index is 1620. The van der Waals surface area contributed by atoms with Crippen molar-refractivity contribution in [2.45, 2.75) is 24.8 Å². The lowest BCUT2D eigenvalue weighted by atomic mass is 9.93. The van der Waals surface area contributed by atoms with Crippen molar-refractivity contribution >= 4 is 12.1 Å². The molecule has 1 amide bonds. The number of hydrogen-bond acceptors (Lipinski definition) is 6. The van der Waals surface area contributed by atoms with Gasteiger partial charge in [0.25, 0.3) is 0 Å². The third-order valence-corrected chi connectivity index (χ3v) is 8.00. The molecule has 0 fully saturated rings. The van der Waals surface area contributed by atoms with E-state index in [1.54, 1.807) is 26.4 Å². The smallest absolute Gasteiger partial charge is 0.407 e. The number of carboxylic acid groups (broad SMARTS) is 1. The lowest BCUT2D eigenvalue weighted by molar-refractivity contribution is -0.139. The van der Waals surface area contributed by atoms with Gasteiger partial charge in [0.15, 0.2) is 6.61 Å². The van der Waals surface area contributed by atoms with Crippen LogP contribution >= 0.6 is 0 Å². The number of fused-ring (bicyclic) bond motifs is 5. The molecule has 6 rings (SSSR count). The predicted octanol–water partition coefficient (Wildman–Crippen LogP) is 5.89. The molecule has 2 N–H and O–H groups in total. The summed E-state index contributed by atoms with van der Waals surface area (Å²) in [7, 11) is 3.19. The Hall–Kier alpha value is -4.98. The van der Waals surface area contributed by atoms with Crippen LogP contribution in [0.2, 0.25) is 0 Å². The van der Waals surface area contributed by atoms with Gasteiger partial charge in [0.1, 0.15) is 23.9 Å². The molecule has 1 atom stereocenters. The molecule has 0 saturated carbocycles. The van der Waals surface area contributed by atoms with Crippen molar-refractivity contribution in [3.63, 3.8) is 0 Å². The minimum Gasteiger partial charge on any atom is -0.497 e. The van der Waals surface area contributed by atoms with Crippen LogP contribution < -0.4 is 19.5 Å². The molecule has 0 heterocycles. The van der Waals surface area contributed by atoms with Crippen molar-refractivity contribution in [2.75, 3.05) is 27.4 Å². The van der Waals surface area contributed by atoms with E-state index in [1.165, 1.54) is 0 Å². The van der Waals surface area contributed by atoms with E-state index >= 15 is 0 Å². The van der Waals surface area contributed by atoms with E-state index in [1.807, 2.05) is 42.5 Å². The zero-order valence-corrected chi connectivity index (χ0v) is 23.4. The molecule has 8 nitrogen and oxygen atoms in total. The number of benzene rings is 4. The number of aryl methyl sites for hydroxylation is 2. The molecule has 4 aromatic carbocycles. The number of carbonyl (C=O) groups is 2. The minimum atomic E-state index is -1.05. The maximum atomic E-state index is 13.5. The van der Waals surface area contributed by atoms with Crippen molar-refractivity contribution in [1.29, 1.82) is 0 Å². The molecule has 42 heavy (non-hydrogen) atoms. The maximum Gasteiger partial charge on any atom is 0.407 e. The first-order chi connectivity index (χ1) is 20.5. The highest BCUT2D eigenvalue weighted by molar-refractivity contribution is 5.79. The van der Waals surface area contributed by atoms with Crippen LogP contribution in [0.15, 0.2) is 78.9 Å². The van der Waals surface area contributed by atoms with Crippen molar-refractivity contribution in [3.05, 3.63) is 112 Å². The Morgan fingerprint density at radius 2 is 1.48 bits per heavy atom. The van der Waals surface area contributed by atoms with E-state index in [9.17, 15) is 9.59 Å². The van der Waals surface area contributed by atoms with Crippen LogP contribution in [0.1, 0.15) is 45.3 Å². The Kier molecular flexibility index (Phi) is 7.44. The monoisotopic (exact) mass is 565 g/mol. The van der Waals surface area contributed by atoms with Gasteiger partial charge in [-0.1, -0.05) is 54.6 Å². The van der Waals surface area contributed by atoms with Crippen LogP contribution in [0.5, 0.6) is 17.2 Å². The van der Waals surface area contributed by atoms with Crippen LogP contribution in [-0.2, 0) is 22.4 Å². The van der Waals surface area contributed by atoms with Gasteiger partial charge in [-0.2, -0.15) is 0 Å². The average Bonchev–Trinajstić information content (AvgIpc) is 3.25. The quantitative estimate of drug-likeness (QED) is 0.274. The first kappa shape index (κ1) is 27.2. The summed E-state index contributed by atoms with van der Waals surface area (Å²) in [5.41, 5.74) is 8.18. The van der Waals surface area contributed by atoms with Gasteiger partial charge in [-0.3, -0.25) is 0 Å². The van der Waals surface area contributed by atoms with Gasteiger partial charge in [0.05, 0.1) is 20.3 Å². The second-order valence-corrected chi connectivity index (χ2v) is 10.3. The zero-order valence-electron chi connectivity index (χ0n) is 23.4. The molecule has 2 aliphatic carbocycles. The van der Waals surface area contributed by atoms with Crippen LogP contribution in [0, 0.1) is 0 Å². The highest BCUT2D eigenvalue weighted by Gasteiger charge is 2.32. The van der Waals surface area contributed by atoms with E-state index in [0.29, 0.717) is 30.1 Å². The predicted molar refractivity (Wildman–Crippen MR) is 157 cm³/mol. The number of ether oxygens (including phenoxy) is 4. The van der Waals surface area contributed by atoms with E-state index in [-0.39, 0.29) is 12.5 Å². The van der Waals surface area contributed by atoms with Crippen molar-refractivity contribution < 1.29 is 33.6 Å². The largest absolute Gasteiger partial charge is 0.497 e. The van der Waals surface area contributed by atoms with E-state index in [0.717, 1.165) is 44.5 Å².